The number of amides is 2. The molecule has 2 aliphatic rings. The van der Waals surface area contributed by atoms with Crippen molar-refractivity contribution in [3.8, 4) is 0 Å². The zero-order valence-corrected chi connectivity index (χ0v) is 10.5. The molecule has 6 heteroatoms. The molecule has 1 unspecified atom stereocenters. The number of nitrogens with zero attached hydrogens (tertiary/aromatic N) is 2. The molecule has 2 aliphatic heterocycles. The lowest BCUT2D eigenvalue weighted by Gasteiger charge is -2.38. The molecule has 102 valence electrons. The highest BCUT2D eigenvalue weighted by Crippen LogP contribution is 2.27. The first-order valence-electron chi connectivity index (χ1n) is 6.38. The van der Waals surface area contributed by atoms with Crippen LogP contribution in [-0.2, 0) is 6.61 Å². The number of carbonyl (C=O) groups excluding carboxylic acids is 1. The molecule has 19 heavy (non-hydrogen) atoms. The zero-order valence-electron chi connectivity index (χ0n) is 10.5. The molecule has 1 atom stereocenters. The number of aliphatic hydroxyl groups is 1. The molecule has 1 aromatic carbocycles. The van der Waals surface area contributed by atoms with Crippen LogP contribution in [0.25, 0.3) is 0 Å². The number of carbonyl (C=O) groups is 1. The highest BCUT2D eigenvalue weighted by molar-refractivity contribution is 5.77. The molecule has 1 aromatic rings. The second kappa shape index (κ2) is 4.70. The first-order chi connectivity index (χ1) is 9.20. The third-order valence-corrected chi connectivity index (χ3v) is 3.79. The molecule has 2 fully saturated rings. The third kappa shape index (κ3) is 2.02. The number of para-hydroxylation sites is 1. The van der Waals surface area contributed by atoms with Crippen LogP contribution in [-0.4, -0.2) is 48.3 Å². The molecule has 0 bridgehead atoms. The van der Waals surface area contributed by atoms with E-state index >= 15 is 0 Å². The normalized spacial score (nSPS) is 22.4. The first-order valence-corrected chi connectivity index (χ1v) is 6.38. The van der Waals surface area contributed by atoms with Crippen LogP contribution in [0, 0.1) is 5.82 Å². The summed E-state index contributed by atoms with van der Waals surface area (Å²) >= 11 is 0. The Bertz CT molecular complexity index is 509. The lowest BCUT2D eigenvalue weighted by molar-refractivity contribution is 0.197. The zero-order chi connectivity index (χ0) is 13.4. The lowest BCUT2D eigenvalue weighted by atomic mass is 10.1. The number of hydrogen-bond donors (Lipinski definition) is 2. The van der Waals surface area contributed by atoms with Crippen molar-refractivity contribution in [3.05, 3.63) is 29.6 Å². The van der Waals surface area contributed by atoms with Gasteiger partial charge in [0.2, 0.25) is 0 Å². The Morgan fingerprint density at radius 2 is 2.26 bits per heavy atom. The van der Waals surface area contributed by atoms with E-state index in [0.29, 0.717) is 37.4 Å². The molecule has 2 saturated heterocycles. The highest BCUT2D eigenvalue weighted by atomic mass is 19.1. The van der Waals surface area contributed by atoms with Gasteiger partial charge in [0.1, 0.15) is 5.82 Å². The molecule has 0 spiro atoms. The van der Waals surface area contributed by atoms with E-state index in [9.17, 15) is 14.3 Å². The number of urea groups is 1. The minimum absolute atomic E-state index is 0.0411. The van der Waals surface area contributed by atoms with Gasteiger partial charge < -0.3 is 20.2 Å². The van der Waals surface area contributed by atoms with E-state index in [4.69, 9.17) is 0 Å². The van der Waals surface area contributed by atoms with Crippen molar-refractivity contribution in [1.82, 2.24) is 10.2 Å². The predicted octanol–water partition coefficient (Wildman–Crippen LogP) is 0.532. The number of rotatable bonds is 2. The molecule has 5 nitrogen and oxygen atoms in total. The topological polar surface area (TPSA) is 55.8 Å². The molecule has 2 N–H and O–H groups in total. The molecular weight excluding hydrogens is 249 g/mol. The highest BCUT2D eigenvalue weighted by Gasteiger charge is 2.36. The van der Waals surface area contributed by atoms with E-state index < -0.39 is 0 Å². The maximum Gasteiger partial charge on any atom is 0.317 e. The van der Waals surface area contributed by atoms with Crippen LogP contribution in [0.3, 0.4) is 0 Å². The Morgan fingerprint density at radius 1 is 1.42 bits per heavy atom. The monoisotopic (exact) mass is 265 g/mol. The fourth-order valence-electron chi connectivity index (χ4n) is 2.85. The minimum Gasteiger partial charge on any atom is -0.392 e. The summed E-state index contributed by atoms with van der Waals surface area (Å²) in [6.07, 6.45) is 0. The van der Waals surface area contributed by atoms with Crippen LogP contribution in [0.5, 0.6) is 0 Å². The minimum atomic E-state index is -0.322. The van der Waals surface area contributed by atoms with Gasteiger partial charge >= 0.3 is 6.03 Å². The number of piperazine rings is 1. The van der Waals surface area contributed by atoms with Crippen molar-refractivity contribution in [3.63, 3.8) is 0 Å². The molecule has 0 saturated carbocycles. The average Bonchev–Trinajstić information content (AvgIpc) is 2.79. The maximum absolute atomic E-state index is 14.0. The smallest absolute Gasteiger partial charge is 0.317 e. The number of anilines is 1. The van der Waals surface area contributed by atoms with Gasteiger partial charge in [-0.05, 0) is 6.07 Å². The van der Waals surface area contributed by atoms with E-state index in [1.807, 2.05) is 4.90 Å². The molecule has 2 heterocycles. The molecule has 0 radical (unpaired) electrons. The standard InChI is InChI=1S/C13H16FN3O2/c14-11-3-1-2-9(8-18)12(11)16-4-5-17-10(7-16)6-15-13(17)19/h1-3,10,18H,4-8H2,(H,15,19). The van der Waals surface area contributed by atoms with Crippen LogP contribution in [0.2, 0.25) is 0 Å². The van der Waals surface area contributed by atoms with Gasteiger partial charge in [-0.1, -0.05) is 12.1 Å². The van der Waals surface area contributed by atoms with Crippen molar-refractivity contribution in [2.45, 2.75) is 12.6 Å². The fraction of sp³-hybridized carbons (Fsp3) is 0.462. The van der Waals surface area contributed by atoms with Gasteiger partial charge in [0.25, 0.3) is 0 Å². The van der Waals surface area contributed by atoms with E-state index in [1.165, 1.54) is 6.07 Å². The lowest BCUT2D eigenvalue weighted by Crippen LogP contribution is -2.52. The maximum atomic E-state index is 14.0. The molecular formula is C13H16FN3O2. The Kier molecular flexibility index (Phi) is 3.02. The quantitative estimate of drug-likeness (QED) is 0.820. The van der Waals surface area contributed by atoms with Crippen LogP contribution in [0.4, 0.5) is 14.9 Å². The molecule has 3 rings (SSSR count). The molecule has 0 aliphatic carbocycles. The first kappa shape index (κ1) is 12.2. The fourth-order valence-corrected chi connectivity index (χ4v) is 2.85. The average molecular weight is 265 g/mol. The van der Waals surface area contributed by atoms with Gasteiger partial charge in [0.15, 0.2) is 0 Å². The van der Waals surface area contributed by atoms with Crippen LogP contribution < -0.4 is 10.2 Å². The van der Waals surface area contributed by atoms with Gasteiger partial charge in [0.05, 0.1) is 18.3 Å². The van der Waals surface area contributed by atoms with E-state index in [-0.39, 0.29) is 24.5 Å². The van der Waals surface area contributed by atoms with Gasteiger partial charge in [-0.3, -0.25) is 0 Å². The summed E-state index contributed by atoms with van der Waals surface area (Å²) in [6, 6.07) is 4.76. The van der Waals surface area contributed by atoms with E-state index in [1.54, 1.807) is 17.0 Å². The summed E-state index contributed by atoms with van der Waals surface area (Å²) in [7, 11) is 0. The van der Waals surface area contributed by atoms with Crippen LogP contribution in [0.1, 0.15) is 5.56 Å². The van der Waals surface area contributed by atoms with Crippen molar-refractivity contribution >= 4 is 11.7 Å². The summed E-state index contributed by atoms with van der Waals surface area (Å²) in [5, 5.41) is 12.1. The number of halogens is 1. The molecule has 2 amide bonds. The second-order valence-corrected chi connectivity index (χ2v) is 4.88. The van der Waals surface area contributed by atoms with Gasteiger partial charge in [0, 0.05) is 31.7 Å². The Balaban J connectivity index is 1.86. The summed E-state index contributed by atoms with van der Waals surface area (Å²) < 4.78 is 14.0. The third-order valence-electron chi connectivity index (χ3n) is 3.79. The molecule has 0 aromatic heterocycles. The van der Waals surface area contributed by atoms with Crippen molar-refractivity contribution in [2.75, 3.05) is 31.1 Å². The van der Waals surface area contributed by atoms with Crippen LogP contribution in [0.15, 0.2) is 18.2 Å². The van der Waals surface area contributed by atoms with E-state index in [2.05, 4.69) is 5.32 Å². The Hall–Kier alpha value is -1.82. The Labute approximate surface area is 110 Å². The number of hydrogen-bond acceptors (Lipinski definition) is 3. The Morgan fingerprint density at radius 3 is 3.05 bits per heavy atom. The van der Waals surface area contributed by atoms with E-state index in [0.717, 1.165) is 0 Å². The number of aliphatic hydroxyl groups excluding tert-OH is 1. The second-order valence-electron chi connectivity index (χ2n) is 4.88. The van der Waals surface area contributed by atoms with Crippen molar-refractivity contribution < 1.29 is 14.3 Å². The number of nitrogens with one attached hydrogen (secondary N) is 1. The van der Waals surface area contributed by atoms with Crippen molar-refractivity contribution in [1.29, 1.82) is 0 Å². The number of benzene rings is 1. The van der Waals surface area contributed by atoms with Gasteiger partial charge in [-0.2, -0.15) is 0 Å². The predicted molar refractivity (Wildman–Crippen MR) is 68.4 cm³/mol. The largest absolute Gasteiger partial charge is 0.392 e. The summed E-state index contributed by atoms with van der Waals surface area (Å²) in [4.78, 5) is 15.2. The number of fused-ring (bicyclic) bond motifs is 1. The van der Waals surface area contributed by atoms with Gasteiger partial charge in [-0.15, -0.1) is 0 Å². The van der Waals surface area contributed by atoms with Crippen molar-refractivity contribution in [2.24, 2.45) is 0 Å². The summed E-state index contributed by atoms with van der Waals surface area (Å²) in [5.41, 5.74) is 1.05. The SMILES string of the molecule is O=C1NCC2CN(c3c(F)cccc3CO)CCN12. The summed E-state index contributed by atoms with van der Waals surface area (Å²) in [5.74, 6) is -0.322. The van der Waals surface area contributed by atoms with Gasteiger partial charge in [-0.25, -0.2) is 9.18 Å². The van der Waals surface area contributed by atoms with Crippen LogP contribution >= 0.6 is 0 Å². The summed E-state index contributed by atoms with van der Waals surface area (Å²) in [6.45, 7) is 2.16.